The summed E-state index contributed by atoms with van der Waals surface area (Å²) >= 11 is 1.27. The Bertz CT molecular complexity index is 1090. The number of nitrogens with zero attached hydrogens (tertiary/aromatic N) is 2. The van der Waals surface area contributed by atoms with E-state index in [2.05, 4.69) is 19.0 Å². The monoisotopic (exact) mass is 408 g/mol. The van der Waals surface area contributed by atoms with Crippen LogP contribution in [0.2, 0.25) is 0 Å². The number of aliphatic hydroxyl groups is 1. The van der Waals surface area contributed by atoms with E-state index in [4.69, 9.17) is 4.52 Å². The molecule has 1 aliphatic heterocycles. The lowest BCUT2D eigenvalue weighted by Crippen LogP contribution is -2.31. The van der Waals surface area contributed by atoms with Gasteiger partial charge in [-0.15, -0.1) is 11.3 Å². The summed E-state index contributed by atoms with van der Waals surface area (Å²) in [5.41, 5.74) is 1.91. The lowest BCUT2D eigenvalue weighted by atomic mass is 9.93. The van der Waals surface area contributed by atoms with Crippen LogP contribution in [0.5, 0.6) is 0 Å². The van der Waals surface area contributed by atoms with E-state index < -0.39 is 17.7 Å². The Kier molecular flexibility index (Phi) is 4.84. The highest BCUT2D eigenvalue weighted by Crippen LogP contribution is 2.42. The number of aryl methyl sites for hydroxylation is 1. The van der Waals surface area contributed by atoms with Gasteiger partial charge >= 0.3 is 0 Å². The molecule has 0 spiro atoms. The number of benzene rings is 1. The lowest BCUT2D eigenvalue weighted by Gasteiger charge is -2.24. The van der Waals surface area contributed by atoms with Crippen LogP contribution in [-0.2, 0) is 4.79 Å². The highest BCUT2D eigenvalue weighted by molar-refractivity contribution is 7.12. The normalized spacial score (nSPS) is 16.9. The molecule has 1 atom stereocenters. The molecule has 3 aromatic rings. The van der Waals surface area contributed by atoms with E-state index in [-0.39, 0.29) is 17.2 Å². The van der Waals surface area contributed by atoms with Gasteiger partial charge < -0.3 is 9.63 Å². The Labute approximate surface area is 172 Å². The van der Waals surface area contributed by atoms with Crippen molar-refractivity contribution in [1.82, 2.24) is 5.16 Å². The topological polar surface area (TPSA) is 83.6 Å². The van der Waals surface area contributed by atoms with E-state index in [1.807, 2.05) is 24.3 Å². The first-order valence-corrected chi connectivity index (χ1v) is 10.1. The Balaban J connectivity index is 1.85. The second-order valence-electron chi connectivity index (χ2n) is 7.26. The standard InChI is InChI=1S/C22H20N2O4S/c1-12(2)14-6-8-15(9-7-14)19-18(20(25)16-5-4-10-29-16)21(26)22(27)24(19)17-11-13(3)28-23-17/h4-12,19,26H,1-3H3/t19-/m0/s1. The van der Waals surface area contributed by atoms with E-state index in [9.17, 15) is 14.7 Å². The van der Waals surface area contributed by atoms with E-state index in [1.165, 1.54) is 16.2 Å². The molecule has 1 aromatic carbocycles. The van der Waals surface area contributed by atoms with Gasteiger partial charge in [0.05, 0.1) is 16.5 Å². The van der Waals surface area contributed by atoms with Crippen LogP contribution < -0.4 is 4.90 Å². The van der Waals surface area contributed by atoms with Crippen molar-refractivity contribution in [3.63, 3.8) is 0 Å². The maximum absolute atomic E-state index is 13.2. The number of aliphatic hydroxyl groups excluding tert-OH is 1. The van der Waals surface area contributed by atoms with Crippen molar-refractivity contribution in [2.24, 2.45) is 0 Å². The van der Waals surface area contributed by atoms with Crippen molar-refractivity contribution in [3.05, 3.63) is 80.9 Å². The predicted molar refractivity (Wildman–Crippen MR) is 110 cm³/mol. The molecule has 2 aromatic heterocycles. The van der Waals surface area contributed by atoms with Crippen molar-refractivity contribution in [1.29, 1.82) is 0 Å². The maximum Gasteiger partial charge on any atom is 0.295 e. The Morgan fingerprint density at radius 1 is 1.24 bits per heavy atom. The smallest absolute Gasteiger partial charge is 0.295 e. The zero-order valence-corrected chi connectivity index (χ0v) is 17.1. The quantitative estimate of drug-likeness (QED) is 0.604. The van der Waals surface area contributed by atoms with Crippen molar-refractivity contribution < 1.29 is 19.2 Å². The van der Waals surface area contributed by atoms with Gasteiger partial charge in [-0.2, -0.15) is 0 Å². The van der Waals surface area contributed by atoms with Crippen LogP contribution in [0.4, 0.5) is 5.82 Å². The maximum atomic E-state index is 13.2. The molecule has 0 fully saturated rings. The molecule has 1 N–H and O–H groups in total. The number of carbonyl (C=O) groups is 2. The van der Waals surface area contributed by atoms with Crippen molar-refractivity contribution >= 4 is 28.8 Å². The van der Waals surface area contributed by atoms with Gasteiger partial charge in [-0.1, -0.05) is 49.3 Å². The number of aromatic nitrogens is 1. The molecule has 4 rings (SSSR count). The molecular weight excluding hydrogens is 388 g/mol. The summed E-state index contributed by atoms with van der Waals surface area (Å²) in [7, 11) is 0. The van der Waals surface area contributed by atoms with Crippen LogP contribution in [0.25, 0.3) is 0 Å². The molecule has 3 heterocycles. The molecule has 0 radical (unpaired) electrons. The third kappa shape index (κ3) is 3.27. The largest absolute Gasteiger partial charge is 0.503 e. The van der Waals surface area contributed by atoms with Crippen LogP contribution in [0, 0.1) is 6.92 Å². The SMILES string of the molecule is Cc1cc(N2C(=O)C(O)=C(C(=O)c3cccs3)[C@@H]2c2ccc(C(C)C)cc2)no1. The van der Waals surface area contributed by atoms with E-state index in [0.717, 1.165) is 5.56 Å². The van der Waals surface area contributed by atoms with Crippen LogP contribution in [0.1, 0.15) is 52.4 Å². The van der Waals surface area contributed by atoms with Crippen molar-refractivity contribution in [2.75, 3.05) is 4.90 Å². The minimum atomic E-state index is -0.789. The number of anilines is 1. The molecule has 1 aliphatic rings. The fraction of sp³-hybridized carbons (Fsp3) is 0.227. The van der Waals surface area contributed by atoms with Gasteiger partial charge in [-0.3, -0.25) is 14.5 Å². The molecule has 148 valence electrons. The zero-order valence-electron chi connectivity index (χ0n) is 16.2. The average Bonchev–Trinajstić information content (AvgIpc) is 3.43. The van der Waals surface area contributed by atoms with Gasteiger partial charge in [0.15, 0.2) is 11.6 Å². The summed E-state index contributed by atoms with van der Waals surface area (Å²) in [6.07, 6.45) is 0. The highest BCUT2D eigenvalue weighted by Gasteiger charge is 2.46. The zero-order chi connectivity index (χ0) is 20.7. The first kappa shape index (κ1) is 19.1. The van der Waals surface area contributed by atoms with Gasteiger partial charge in [0.2, 0.25) is 5.78 Å². The molecule has 0 bridgehead atoms. The van der Waals surface area contributed by atoms with Crippen molar-refractivity contribution in [2.45, 2.75) is 32.7 Å². The number of thiophene rings is 1. The Morgan fingerprint density at radius 2 is 1.97 bits per heavy atom. The summed E-state index contributed by atoms with van der Waals surface area (Å²) in [6, 6.07) is 12.0. The molecule has 7 heteroatoms. The molecule has 1 amide bonds. The Hall–Kier alpha value is -3.19. The number of hydrogen-bond donors (Lipinski definition) is 1. The number of rotatable bonds is 5. The molecule has 0 aliphatic carbocycles. The summed E-state index contributed by atoms with van der Waals surface area (Å²) in [5, 5.41) is 16.4. The molecule has 29 heavy (non-hydrogen) atoms. The van der Waals surface area contributed by atoms with Gasteiger partial charge in [0.1, 0.15) is 5.76 Å². The van der Waals surface area contributed by atoms with E-state index >= 15 is 0 Å². The van der Waals surface area contributed by atoms with Crippen LogP contribution >= 0.6 is 11.3 Å². The minimum absolute atomic E-state index is 0.0513. The second-order valence-corrected chi connectivity index (χ2v) is 8.21. The van der Waals surface area contributed by atoms with Gasteiger partial charge in [0.25, 0.3) is 5.91 Å². The summed E-state index contributed by atoms with van der Waals surface area (Å²) in [4.78, 5) is 27.9. The van der Waals surface area contributed by atoms with Gasteiger partial charge in [0, 0.05) is 6.07 Å². The average molecular weight is 408 g/mol. The van der Waals surface area contributed by atoms with E-state index in [1.54, 1.807) is 30.5 Å². The number of carbonyl (C=O) groups excluding carboxylic acids is 2. The van der Waals surface area contributed by atoms with Crippen LogP contribution in [0.15, 0.2) is 63.7 Å². The third-order valence-electron chi connectivity index (χ3n) is 4.98. The highest BCUT2D eigenvalue weighted by atomic mass is 32.1. The van der Waals surface area contributed by atoms with E-state index in [0.29, 0.717) is 22.1 Å². The number of ketones is 1. The minimum Gasteiger partial charge on any atom is -0.503 e. The first-order valence-electron chi connectivity index (χ1n) is 9.26. The van der Waals surface area contributed by atoms with Gasteiger partial charge in [-0.25, -0.2) is 0 Å². The predicted octanol–water partition coefficient (Wildman–Crippen LogP) is 4.95. The summed E-state index contributed by atoms with van der Waals surface area (Å²) in [6.45, 7) is 5.90. The molecule has 0 saturated carbocycles. The Morgan fingerprint density at radius 3 is 2.52 bits per heavy atom. The van der Waals surface area contributed by atoms with Crippen molar-refractivity contribution in [3.8, 4) is 0 Å². The summed E-state index contributed by atoms with van der Waals surface area (Å²) in [5.74, 6) is -0.463. The summed E-state index contributed by atoms with van der Waals surface area (Å²) < 4.78 is 5.14. The fourth-order valence-corrected chi connectivity index (χ4v) is 4.14. The molecule has 0 saturated heterocycles. The van der Waals surface area contributed by atoms with Crippen LogP contribution in [-0.4, -0.2) is 22.0 Å². The number of hydrogen-bond acceptors (Lipinski definition) is 6. The second kappa shape index (κ2) is 7.33. The van der Waals surface area contributed by atoms with Crippen LogP contribution in [0.3, 0.4) is 0 Å². The molecule has 0 unspecified atom stereocenters. The number of Topliss-reactive ketones (excluding diaryl/α,β-unsaturated/α-hetero) is 1. The lowest BCUT2D eigenvalue weighted by molar-refractivity contribution is -0.117. The molecular formula is C22H20N2O4S. The third-order valence-corrected chi connectivity index (χ3v) is 5.85. The first-order chi connectivity index (χ1) is 13.9. The number of amides is 1. The molecule has 6 nitrogen and oxygen atoms in total. The fourth-order valence-electron chi connectivity index (χ4n) is 3.46. The van der Waals surface area contributed by atoms with Gasteiger partial charge in [-0.05, 0) is 35.4 Å².